The van der Waals surface area contributed by atoms with Gasteiger partial charge in [-0.15, -0.1) is 0 Å². The van der Waals surface area contributed by atoms with Gasteiger partial charge in [0.1, 0.15) is 5.75 Å². The van der Waals surface area contributed by atoms with Crippen LogP contribution in [-0.4, -0.2) is 23.3 Å². The molecular formula is C15H14O3S. The molecule has 0 radical (unpaired) electrons. The molecule has 0 amide bonds. The minimum Gasteiger partial charge on any atom is -0.492 e. The molecule has 0 saturated heterocycles. The SMILES string of the molecule is CC(=O)SCCC#Cc1ccc2c(c1)C(=O)CCO2. The third-order valence-electron chi connectivity index (χ3n) is 2.63. The van der Waals surface area contributed by atoms with Crippen LogP contribution in [-0.2, 0) is 4.79 Å². The molecule has 4 heteroatoms. The molecule has 0 aliphatic carbocycles. The lowest BCUT2D eigenvalue weighted by Gasteiger charge is -2.15. The van der Waals surface area contributed by atoms with E-state index in [1.54, 1.807) is 19.1 Å². The number of benzene rings is 1. The predicted molar refractivity (Wildman–Crippen MR) is 75.5 cm³/mol. The van der Waals surface area contributed by atoms with Gasteiger partial charge in [0.05, 0.1) is 12.2 Å². The van der Waals surface area contributed by atoms with E-state index in [9.17, 15) is 9.59 Å². The average Bonchev–Trinajstić information content (AvgIpc) is 2.39. The number of ether oxygens (including phenoxy) is 1. The fourth-order valence-corrected chi connectivity index (χ4v) is 2.24. The highest BCUT2D eigenvalue weighted by molar-refractivity contribution is 8.13. The summed E-state index contributed by atoms with van der Waals surface area (Å²) in [5.74, 6) is 7.47. The summed E-state index contributed by atoms with van der Waals surface area (Å²) < 4.78 is 5.41. The van der Waals surface area contributed by atoms with Gasteiger partial charge in [-0.25, -0.2) is 0 Å². The molecule has 1 heterocycles. The largest absolute Gasteiger partial charge is 0.492 e. The van der Waals surface area contributed by atoms with E-state index < -0.39 is 0 Å². The monoisotopic (exact) mass is 274 g/mol. The van der Waals surface area contributed by atoms with Crippen molar-refractivity contribution in [2.75, 3.05) is 12.4 Å². The molecular weight excluding hydrogens is 260 g/mol. The second kappa shape index (κ2) is 6.44. The molecule has 0 spiro atoms. The van der Waals surface area contributed by atoms with Crippen LogP contribution in [0.2, 0.25) is 0 Å². The number of thioether (sulfide) groups is 1. The zero-order valence-electron chi connectivity index (χ0n) is 10.7. The summed E-state index contributed by atoms with van der Waals surface area (Å²) in [5.41, 5.74) is 1.43. The van der Waals surface area contributed by atoms with E-state index in [-0.39, 0.29) is 10.9 Å². The molecule has 0 bridgehead atoms. The predicted octanol–water partition coefficient (Wildman–Crippen LogP) is 2.67. The first-order valence-electron chi connectivity index (χ1n) is 6.09. The second-order valence-corrected chi connectivity index (χ2v) is 5.40. The Morgan fingerprint density at radius 2 is 2.32 bits per heavy atom. The molecule has 1 aromatic rings. The molecule has 19 heavy (non-hydrogen) atoms. The second-order valence-electron chi connectivity index (χ2n) is 4.12. The van der Waals surface area contributed by atoms with Gasteiger partial charge in [0.25, 0.3) is 0 Å². The number of carbonyl (C=O) groups is 2. The Hall–Kier alpha value is -1.73. The fourth-order valence-electron chi connectivity index (χ4n) is 1.75. The quantitative estimate of drug-likeness (QED) is 0.614. The molecule has 2 rings (SSSR count). The van der Waals surface area contributed by atoms with Gasteiger partial charge in [0.2, 0.25) is 0 Å². The number of hydrogen-bond donors (Lipinski definition) is 0. The van der Waals surface area contributed by atoms with Gasteiger partial charge in [-0.3, -0.25) is 9.59 Å². The summed E-state index contributed by atoms with van der Waals surface area (Å²) in [7, 11) is 0. The van der Waals surface area contributed by atoms with Crippen molar-refractivity contribution < 1.29 is 14.3 Å². The van der Waals surface area contributed by atoms with Gasteiger partial charge in [-0.1, -0.05) is 23.6 Å². The molecule has 0 atom stereocenters. The summed E-state index contributed by atoms with van der Waals surface area (Å²) in [6, 6.07) is 5.42. The maximum absolute atomic E-state index is 11.7. The maximum atomic E-state index is 11.7. The first kappa shape index (κ1) is 13.7. The van der Waals surface area contributed by atoms with Gasteiger partial charge < -0.3 is 4.74 Å². The molecule has 98 valence electrons. The molecule has 1 aliphatic heterocycles. The van der Waals surface area contributed by atoms with Crippen molar-refractivity contribution in [3.63, 3.8) is 0 Å². The minimum absolute atomic E-state index is 0.108. The highest BCUT2D eigenvalue weighted by Gasteiger charge is 2.17. The van der Waals surface area contributed by atoms with Gasteiger partial charge >= 0.3 is 0 Å². The van der Waals surface area contributed by atoms with Crippen molar-refractivity contribution in [1.29, 1.82) is 0 Å². The van der Waals surface area contributed by atoms with Crippen LogP contribution in [0, 0.1) is 11.8 Å². The number of fused-ring (bicyclic) bond motifs is 1. The zero-order chi connectivity index (χ0) is 13.7. The Morgan fingerprint density at radius 1 is 1.47 bits per heavy atom. The van der Waals surface area contributed by atoms with E-state index in [1.165, 1.54) is 11.8 Å². The lowest BCUT2D eigenvalue weighted by atomic mass is 10.0. The molecule has 3 nitrogen and oxygen atoms in total. The van der Waals surface area contributed by atoms with Crippen LogP contribution in [0.15, 0.2) is 18.2 Å². The summed E-state index contributed by atoms with van der Waals surface area (Å²) in [6.45, 7) is 2.01. The van der Waals surface area contributed by atoms with Crippen LogP contribution in [0.1, 0.15) is 35.7 Å². The third-order valence-corrected chi connectivity index (χ3v) is 3.45. The van der Waals surface area contributed by atoms with Crippen molar-refractivity contribution in [3.05, 3.63) is 29.3 Å². The third kappa shape index (κ3) is 3.87. The molecule has 0 saturated carbocycles. The Bertz CT molecular complexity index is 566. The normalized spacial score (nSPS) is 13.0. The van der Waals surface area contributed by atoms with Crippen LogP contribution in [0.4, 0.5) is 0 Å². The highest BCUT2D eigenvalue weighted by atomic mass is 32.2. The molecule has 1 aromatic carbocycles. The number of Topliss-reactive ketones (excluding diaryl/α,β-unsaturated/α-hetero) is 1. The average molecular weight is 274 g/mol. The maximum Gasteiger partial charge on any atom is 0.185 e. The lowest BCUT2D eigenvalue weighted by molar-refractivity contribution is -0.109. The Labute approximate surface area is 116 Å². The lowest BCUT2D eigenvalue weighted by Crippen LogP contribution is -2.15. The standard InChI is InChI=1S/C15H14O3S/c1-11(16)19-9-3-2-4-12-5-6-15-13(10-12)14(17)7-8-18-15/h5-6,10H,3,7-9H2,1H3. The fraction of sp³-hybridized carbons (Fsp3) is 0.333. The first-order valence-corrected chi connectivity index (χ1v) is 7.07. The van der Waals surface area contributed by atoms with Crippen LogP contribution in [0.3, 0.4) is 0 Å². The Morgan fingerprint density at radius 3 is 3.11 bits per heavy atom. The van der Waals surface area contributed by atoms with Crippen molar-refractivity contribution in [2.24, 2.45) is 0 Å². The van der Waals surface area contributed by atoms with E-state index in [2.05, 4.69) is 11.8 Å². The van der Waals surface area contributed by atoms with Crippen LogP contribution in [0.25, 0.3) is 0 Å². The summed E-state index contributed by atoms with van der Waals surface area (Å²) in [5, 5.41) is 0.110. The van der Waals surface area contributed by atoms with E-state index in [0.717, 1.165) is 5.56 Å². The van der Waals surface area contributed by atoms with Gasteiger partial charge in [-0.05, 0) is 18.2 Å². The van der Waals surface area contributed by atoms with Crippen LogP contribution < -0.4 is 4.74 Å². The first-order chi connectivity index (χ1) is 9.16. The molecule has 0 N–H and O–H groups in total. The number of carbonyl (C=O) groups excluding carboxylic acids is 2. The number of hydrogen-bond acceptors (Lipinski definition) is 4. The Balaban J connectivity index is 2.02. The van der Waals surface area contributed by atoms with Crippen LogP contribution in [0.5, 0.6) is 5.75 Å². The van der Waals surface area contributed by atoms with Crippen LogP contribution >= 0.6 is 11.8 Å². The topological polar surface area (TPSA) is 43.4 Å². The smallest absolute Gasteiger partial charge is 0.185 e. The molecule has 0 aromatic heterocycles. The van der Waals surface area contributed by atoms with E-state index in [4.69, 9.17) is 4.74 Å². The van der Waals surface area contributed by atoms with Gasteiger partial charge in [-0.2, -0.15) is 0 Å². The van der Waals surface area contributed by atoms with Crippen molar-refractivity contribution in [2.45, 2.75) is 19.8 Å². The minimum atomic E-state index is 0.108. The van der Waals surface area contributed by atoms with E-state index >= 15 is 0 Å². The Kier molecular flexibility index (Phi) is 4.64. The van der Waals surface area contributed by atoms with Gasteiger partial charge in [0.15, 0.2) is 10.9 Å². The van der Waals surface area contributed by atoms with E-state index in [0.29, 0.717) is 36.5 Å². The molecule has 1 aliphatic rings. The van der Waals surface area contributed by atoms with E-state index in [1.807, 2.05) is 6.07 Å². The van der Waals surface area contributed by atoms with Gasteiger partial charge in [0, 0.05) is 31.1 Å². The summed E-state index contributed by atoms with van der Waals surface area (Å²) >= 11 is 1.27. The summed E-state index contributed by atoms with van der Waals surface area (Å²) in [6.07, 6.45) is 1.09. The highest BCUT2D eigenvalue weighted by Crippen LogP contribution is 2.25. The summed E-state index contributed by atoms with van der Waals surface area (Å²) in [4.78, 5) is 22.5. The zero-order valence-corrected chi connectivity index (χ0v) is 11.5. The van der Waals surface area contributed by atoms with Crippen molar-refractivity contribution >= 4 is 22.7 Å². The van der Waals surface area contributed by atoms with Crippen molar-refractivity contribution in [3.8, 4) is 17.6 Å². The molecule has 0 fully saturated rings. The molecule has 0 unspecified atom stereocenters. The number of rotatable bonds is 2. The van der Waals surface area contributed by atoms with Crippen molar-refractivity contribution in [1.82, 2.24) is 0 Å². The number of ketones is 1.